The van der Waals surface area contributed by atoms with Crippen molar-refractivity contribution >= 4 is 21.4 Å². The molecule has 0 aliphatic heterocycles. The number of hydrogen-bond donors (Lipinski definition) is 1. The second-order valence-corrected chi connectivity index (χ2v) is 8.70. The number of nitrogens with one attached hydrogen (secondary N) is 1. The number of rotatable bonds is 6. The molecular weight excluding hydrogens is 435 g/mol. The highest BCUT2D eigenvalue weighted by atomic mass is 32.2. The van der Waals surface area contributed by atoms with E-state index in [2.05, 4.69) is 10.4 Å². The van der Waals surface area contributed by atoms with Gasteiger partial charge in [0.05, 0.1) is 35.2 Å². The molecule has 0 spiro atoms. The molecule has 0 atom stereocenters. The topological polar surface area (TPSA) is 90.3 Å². The van der Waals surface area contributed by atoms with E-state index in [0.29, 0.717) is 5.69 Å². The SMILES string of the molecule is CCS(=O)(=O)c1ccc(NC(=O)c2nn(-c3cccc(C(F)(F)F)c3)cc2OC)cc1. The summed E-state index contributed by atoms with van der Waals surface area (Å²) in [6, 6.07) is 10.1. The van der Waals surface area contributed by atoms with E-state index in [0.717, 1.165) is 16.8 Å². The molecule has 0 radical (unpaired) electrons. The Labute approximate surface area is 176 Å². The summed E-state index contributed by atoms with van der Waals surface area (Å²) in [4.78, 5) is 12.8. The van der Waals surface area contributed by atoms with Crippen LogP contribution in [0.1, 0.15) is 23.0 Å². The van der Waals surface area contributed by atoms with E-state index in [1.165, 1.54) is 56.6 Å². The second-order valence-electron chi connectivity index (χ2n) is 6.42. The van der Waals surface area contributed by atoms with Gasteiger partial charge in [0, 0.05) is 5.69 Å². The first-order valence-electron chi connectivity index (χ1n) is 9.00. The molecule has 1 aromatic heterocycles. The maximum atomic E-state index is 13.0. The third kappa shape index (κ3) is 4.88. The van der Waals surface area contributed by atoms with Crippen LogP contribution < -0.4 is 10.1 Å². The van der Waals surface area contributed by atoms with Gasteiger partial charge >= 0.3 is 6.18 Å². The summed E-state index contributed by atoms with van der Waals surface area (Å²) in [7, 11) is -2.08. The summed E-state index contributed by atoms with van der Waals surface area (Å²) in [5.41, 5.74) is -0.588. The molecule has 1 amide bonds. The van der Waals surface area contributed by atoms with Crippen LogP contribution in [0.15, 0.2) is 59.6 Å². The fourth-order valence-corrected chi connectivity index (χ4v) is 3.61. The number of carbonyl (C=O) groups excluding carboxylic acids is 1. The van der Waals surface area contributed by atoms with E-state index in [4.69, 9.17) is 4.74 Å². The van der Waals surface area contributed by atoms with Gasteiger partial charge in [0.15, 0.2) is 21.3 Å². The molecule has 164 valence electrons. The molecule has 1 heterocycles. The standard InChI is InChI=1S/C20H18F3N3O4S/c1-3-31(28,29)16-9-7-14(8-10-16)24-19(27)18-17(30-2)12-26(25-18)15-6-4-5-13(11-15)20(21,22)23/h4-12H,3H2,1-2H3,(H,24,27). The Morgan fingerprint density at radius 3 is 2.42 bits per heavy atom. The summed E-state index contributed by atoms with van der Waals surface area (Å²) in [6.07, 6.45) is -3.23. The van der Waals surface area contributed by atoms with E-state index in [9.17, 15) is 26.4 Å². The normalized spacial score (nSPS) is 11.9. The van der Waals surface area contributed by atoms with Gasteiger partial charge in [-0.25, -0.2) is 13.1 Å². The maximum absolute atomic E-state index is 13.0. The van der Waals surface area contributed by atoms with Crippen LogP contribution in [0.4, 0.5) is 18.9 Å². The quantitative estimate of drug-likeness (QED) is 0.611. The number of methoxy groups -OCH3 is 1. The average Bonchev–Trinajstić information content (AvgIpc) is 3.18. The molecule has 0 unspecified atom stereocenters. The number of sulfone groups is 1. The summed E-state index contributed by atoms with van der Waals surface area (Å²) in [6.45, 7) is 1.53. The van der Waals surface area contributed by atoms with E-state index in [-0.39, 0.29) is 27.8 Å². The van der Waals surface area contributed by atoms with Gasteiger partial charge in [0.2, 0.25) is 0 Å². The molecular formula is C20H18F3N3O4S. The lowest BCUT2D eigenvalue weighted by molar-refractivity contribution is -0.137. The van der Waals surface area contributed by atoms with Crippen LogP contribution in [0.2, 0.25) is 0 Å². The first-order chi connectivity index (χ1) is 14.5. The number of benzene rings is 2. The number of anilines is 1. The van der Waals surface area contributed by atoms with Crippen molar-refractivity contribution in [3.63, 3.8) is 0 Å². The largest absolute Gasteiger partial charge is 0.493 e. The van der Waals surface area contributed by atoms with Gasteiger partial charge in [-0.2, -0.15) is 18.3 Å². The number of alkyl halides is 3. The predicted octanol–water partition coefficient (Wildman–Crippen LogP) is 3.95. The zero-order valence-corrected chi connectivity index (χ0v) is 17.3. The molecule has 0 bridgehead atoms. The molecule has 7 nitrogen and oxygen atoms in total. The van der Waals surface area contributed by atoms with Crippen LogP contribution in [0.5, 0.6) is 5.75 Å². The molecule has 1 N–H and O–H groups in total. The van der Waals surface area contributed by atoms with Crippen molar-refractivity contribution < 1.29 is 31.1 Å². The van der Waals surface area contributed by atoms with E-state index in [1.807, 2.05) is 0 Å². The Morgan fingerprint density at radius 1 is 1.16 bits per heavy atom. The number of halogens is 3. The van der Waals surface area contributed by atoms with Crippen LogP contribution in [0.25, 0.3) is 5.69 Å². The predicted molar refractivity (Wildman–Crippen MR) is 107 cm³/mol. The highest BCUT2D eigenvalue weighted by Gasteiger charge is 2.30. The summed E-state index contributed by atoms with van der Waals surface area (Å²) >= 11 is 0. The lowest BCUT2D eigenvalue weighted by atomic mass is 10.2. The van der Waals surface area contributed by atoms with Gasteiger partial charge < -0.3 is 10.1 Å². The van der Waals surface area contributed by atoms with E-state index in [1.54, 1.807) is 0 Å². The van der Waals surface area contributed by atoms with Crippen LogP contribution in [-0.2, 0) is 16.0 Å². The molecule has 0 aliphatic carbocycles. The molecule has 2 aromatic carbocycles. The number of ether oxygens (including phenoxy) is 1. The van der Waals surface area contributed by atoms with Crippen LogP contribution in [0.3, 0.4) is 0 Å². The highest BCUT2D eigenvalue weighted by molar-refractivity contribution is 7.91. The summed E-state index contributed by atoms with van der Waals surface area (Å²) < 4.78 is 68.9. The van der Waals surface area contributed by atoms with Gasteiger partial charge in [-0.1, -0.05) is 13.0 Å². The molecule has 0 fully saturated rings. The summed E-state index contributed by atoms with van der Waals surface area (Å²) in [5, 5.41) is 6.62. The Bertz CT molecular complexity index is 1200. The number of hydrogen-bond acceptors (Lipinski definition) is 5. The zero-order valence-electron chi connectivity index (χ0n) is 16.5. The number of amides is 1. The minimum atomic E-state index is -4.52. The molecule has 11 heteroatoms. The number of nitrogens with zero attached hydrogens (tertiary/aromatic N) is 2. The fraction of sp³-hybridized carbons (Fsp3) is 0.200. The number of aromatic nitrogens is 2. The second kappa shape index (κ2) is 8.42. The smallest absolute Gasteiger partial charge is 0.416 e. The van der Waals surface area contributed by atoms with Gasteiger partial charge in [0.1, 0.15) is 0 Å². The van der Waals surface area contributed by atoms with Crippen LogP contribution >= 0.6 is 0 Å². The fourth-order valence-electron chi connectivity index (χ4n) is 2.72. The third-order valence-electron chi connectivity index (χ3n) is 4.41. The van der Waals surface area contributed by atoms with E-state index < -0.39 is 27.5 Å². The molecule has 0 aliphatic rings. The lowest BCUT2D eigenvalue weighted by Crippen LogP contribution is -2.14. The van der Waals surface area contributed by atoms with Crippen molar-refractivity contribution in [2.75, 3.05) is 18.2 Å². The molecule has 31 heavy (non-hydrogen) atoms. The van der Waals surface area contributed by atoms with Crippen molar-refractivity contribution in [2.24, 2.45) is 0 Å². The van der Waals surface area contributed by atoms with Gasteiger partial charge in [-0.15, -0.1) is 0 Å². The Morgan fingerprint density at radius 2 is 1.84 bits per heavy atom. The Hall–Kier alpha value is -3.34. The summed E-state index contributed by atoms with van der Waals surface area (Å²) in [5.74, 6) is -0.670. The number of carbonyl (C=O) groups is 1. The average molecular weight is 453 g/mol. The maximum Gasteiger partial charge on any atom is 0.416 e. The van der Waals surface area contributed by atoms with Crippen molar-refractivity contribution in [2.45, 2.75) is 18.0 Å². The Kier molecular flexibility index (Phi) is 6.07. The minimum Gasteiger partial charge on any atom is -0.493 e. The minimum absolute atomic E-state index is 0.0527. The Balaban J connectivity index is 1.87. The molecule has 3 rings (SSSR count). The first kappa shape index (κ1) is 22.3. The monoisotopic (exact) mass is 453 g/mol. The molecule has 0 saturated carbocycles. The first-order valence-corrected chi connectivity index (χ1v) is 10.7. The molecule has 0 saturated heterocycles. The molecule has 3 aromatic rings. The zero-order chi connectivity index (χ0) is 22.8. The van der Waals surface area contributed by atoms with Crippen molar-refractivity contribution in [1.29, 1.82) is 0 Å². The van der Waals surface area contributed by atoms with E-state index >= 15 is 0 Å². The van der Waals surface area contributed by atoms with Gasteiger partial charge in [0.25, 0.3) is 5.91 Å². The van der Waals surface area contributed by atoms with Crippen molar-refractivity contribution in [3.8, 4) is 11.4 Å². The van der Waals surface area contributed by atoms with Gasteiger partial charge in [-0.05, 0) is 42.5 Å². The van der Waals surface area contributed by atoms with Gasteiger partial charge in [-0.3, -0.25) is 4.79 Å². The van der Waals surface area contributed by atoms with Crippen LogP contribution in [-0.4, -0.2) is 37.0 Å². The van der Waals surface area contributed by atoms with Crippen molar-refractivity contribution in [1.82, 2.24) is 9.78 Å². The van der Waals surface area contributed by atoms with Crippen LogP contribution in [0, 0.1) is 0 Å². The van der Waals surface area contributed by atoms with Crippen molar-refractivity contribution in [3.05, 3.63) is 66.0 Å². The lowest BCUT2D eigenvalue weighted by Gasteiger charge is -2.08. The third-order valence-corrected chi connectivity index (χ3v) is 6.16. The highest BCUT2D eigenvalue weighted by Crippen LogP contribution is 2.31.